The van der Waals surface area contributed by atoms with Crippen molar-refractivity contribution in [3.8, 4) is 11.5 Å². The zero-order valence-corrected chi connectivity index (χ0v) is 13.6. The molecule has 3 nitrogen and oxygen atoms in total. The van der Waals surface area contributed by atoms with Gasteiger partial charge in [0, 0.05) is 10.0 Å². The van der Waals surface area contributed by atoms with E-state index in [1.165, 1.54) is 13.2 Å². The highest BCUT2D eigenvalue weighted by atomic mass is 79.9. The molecule has 21 heavy (non-hydrogen) atoms. The summed E-state index contributed by atoms with van der Waals surface area (Å²) in [4.78, 5) is 0. The van der Waals surface area contributed by atoms with E-state index in [0.717, 1.165) is 5.56 Å². The molecule has 0 saturated carbocycles. The summed E-state index contributed by atoms with van der Waals surface area (Å²) < 4.78 is 25.0. The van der Waals surface area contributed by atoms with Crippen LogP contribution in [0.3, 0.4) is 0 Å². The molecule has 0 heterocycles. The van der Waals surface area contributed by atoms with Gasteiger partial charge in [0.25, 0.3) is 0 Å². The van der Waals surface area contributed by atoms with Gasteiger partial charge in [0.15, 0.2) is 11.5 Å². The molecule has 0 fully saturated rings. The number of hydrogen-bond acceptors (Lipinski definition) is 3. The first-order valence-electron chi connectivity index (χ1n) is 6.34. The van der Waals surface area contributed by atoms with E-state index < -0.39 is 11.9 Å². The van der Waals surface area contributed by atoms with Crippen LogP contribution in [0.25, 0.3) is 0 Å². The summed E-state index contributed by atoms with van der Waals surface area (Å²) in [5.74, 6) is 0.592. The molecule has 0 aliphatic carbocycles. The maximum absolute atomic E-state index is 14.0. The summed E-state index contributed by atoms with van der Waals surface area (Å²) in [7, 11) is 3.06. The highest BCUT2D eigenvalue weighted by Gasteiger charge is 2.21. The van der Waals surface area contributed by atoms with Crippen LogP contribution in [-0.4, -0.2) is 19.3 Å². The Hall–Kier alpha value is -1.59. The Morgan fingerprint density at radius 1 is 1.14 bits per heavy atom. The fourth-order valence-corrected chi connectivity index (χ4v) is 2.78. The number of hydrogen-bond donors (Lipinski definition) is 1. The molecule has 0 spiro atoms. The Bertz CT molecular complexity index is 638. The van der Waals surface area contributed by atoms with Crippen LogP contribution in [0.5, 0.6) is 11.5 Å². The maximum Gasteiger partial charge on any atom is 0.161 e. The van der Waals surface area contributed by atoms with E-state index >= 15 is 0 Å². The normalized spacial score (nSPS) is 12.1. The predicted molar refractivity (Wildman–Crippen MR) is 82.4 cm³/mol. The second kappa shape index (κ2) is 6.45. The predicted octanol–water partition coefficient (Wildman–Crippen LogP) is 4.00. The SMILES string of the molecule is COc1cc(C)c(C(O)c2c(F)cccc2Br)cc1OC. The van der Waals surface area contributed by atoms with Crippen LogP contribution in [0, 0.1) is 12.7 Å². The Morgan fingerprint density at radius 2 is 1.76 bits per heavy atom. The first-order chi connectivity index (χ1) is 9.99. The molecular formula is C16H16BrFO3. The average molecular weight is 355 g/mol. The van der Waals surface area contributed by atoms with Crippen LogP contribution >= 0.6 is 15.9 Å². The smallest absolute Gasteiger partial charge is 0.161 e. The lowest BCUT2D eigenvalue weighted by Gasteiger charge is -2.19. The molecule has 0 aromatic heterocycles. The number of halogens is 2. The minimum absolute atomic E-state index is 0.202. The molecule has 2 aromatic carbocycles. The van der Waals surface area contributed by atoms with Crippen molar-refractivity contribution in [2.45, 2.75) is 13.0 Å². The molecule has 0 radical (unpaired) electrons. The first kappa shape index (κ1) is 15.8. The molecule has 0 saturated heterocycles. The van der Waals surface area contributed by atoms with Gasteiger partial charge in [-0.05, 0) is 42.3 Å². The van der Waals surface area contributed by atoms with Gasteiger partial charge >= 0.3 is 0 Å². The number of rotatable bonds is 4. The van der Waals surface area contributed by atoms with Crippen LogP contribution in [0.4, 0.5) is 4.39 Å². The van der Waals surface area contributed by atoms with Gasteiger partial charge in [0.1, 0.15) is 11.9 Å². The zero-order valence-electron chi connectivity index (χ0n) is 12.0. The molecule has 2 aromatic rings. The summed E-state index contributed by atoms with van der Waals surface area (Å²) in [5, 5.41) is 10.6. The quantitative estimate of drug-likeness (QED) is 0.901. The standard InChI is InChI=1S/C16H16BrFO3/c1-9-7-13(20-2)14(21-3)8-10(9)16(19)15-11(17)5-4-6-12(15)18/h4-8,16,19H,1-3H3. The summed E-state index contributed by atoms with van der Waals surface area (Å²) in [6.45, 7) is 1.83. The van der Waals surface area contributed by atoms with Crippen LogP contribution < -0.4 is 9.47 Å². The number of methoxy groups -OCH3 is 2. The lowest BCUT2D eigenvalue weighted by molar-refractivity contribution is 0.212. The summed E-state index contributed by atoms with van der Waals surface area (Å²) in [6, 6.07) is 8.01. The Labute approximate surface area is 131 Å². The van der Waals surface area contributed by atoms with Crippen LogP contribution in [0.2, 0.25) is 0 Å². The molecule has 1 atom stereocenters. The van der Waals surface area contributed by atoms with E-state index in [9.17, 15) is 9.50 Å². The number of aliphatic hydroxyl groups excluding tert-OH is 1. The molecule has 0 bridgehead atoms. The third-order valence-corrected chi connectivity index (χ3v) is 4.03. The molecular weight excluding hydrogens is 339 g/mol. The molecule has 0 amide bonds. The molecule has 5 heteroatoms. The van der Waals surface area contributed by atoms with E-state index in [4.69, 9.17) is 9.47 Å². The number of aliphatic hydroxyl groups is 1. The van der Waals surface area contributed by atoms with E-state index in [1.54, 1.807) is 31.4 Å². The summed E-state index contributed by atoms with van der Waals surface area (Å²) in [5.41, 5.74) is 1.56. The molecule has 0 aliphatic rings. The van der Waals surface area contributed by atoms with Gasteiger partial charge in [0.05, 0.1) is 14.2 Å². The lowest BCUT2D eigenvalue weighted by atomic mass is 9.96. The van der Waals surface area contributed by atoms with Gasteiger partial charge in [0.2, 0.25) is 0 Å². The molecule has 1 N–H and O–H groups in total. The number of ether oxygens (including phenoxy) is 2. The maximum atomic E-state index is 14.0. The lowest BCUT2D eigenvalue weighted by Crippen LogP contribution is -2.06. The van der Waals surface area contributed by atoms with E-state index in [2.05, 4.69) is 15.9 Å². The molecule has 2 rings (SSSR count). The largest absolute Gasteiger partial charge is 0.493 e. The van der Waals surface area contributed by atoms with Crippen molar-refractivity contribution >= 4 is 15.9 Å². The van der Waals surface area contributed by atoms with Crippen molar-refractivity contribution in [3.05, 3.63) is 57.3 Å². The second-order valence-electron chi connectivity index (χ2n) is 4.60. The number of aryl methyl sites for hydroxylation is 1. The van der Waals surface area contributed by atoms with E-state index in [0.29, 0.717) is 21.5 Å². The summed E-state index contributed by atoms with van der Waals surface area (Å²) >= 11 is 3.28. The van der Waals surface area contributed by atoms with Crippen LogP contribution in [-0.2, 0) is 0 Å². The van der Waals surface area contributed by atoms with E-state index in [-0.39, 0.29) is 5.56 Å². The van der Waals surface area contributed by atoms with Crippen LogP contribution in [0.1, 0.15) is 22.8 Å². The molecule has 0 aliphatic heterocycles. The highest BCUT2D eigenvalue weighted by molar-refractivity contribution is 9.10. The van der Waals surface area contributed by atoms with Gasteiger partial charge < -0.3 is 14.6 Å². The minimum Gasteiger partial charge on any atom is -0.493 e. The average Bonchev–Trinajstić information content (AvgIpc) is 2.46. The Morgan fingerprint density at radius 3 is 2.33 bits per heavy atom. The van der Waals surface area contributed by atoms with Crippen molar-refractivity contribution < 1.29 is 19.0 Å². The van der Waals surface area contributed by atoms with Crippen molar-refractivity contribution in [1.29, 1.82) is 0 Å². The van der Waals surface area contributed by atoms with Gasteiger partial charge in [-0.25, -0.2) is 4.39 Å². The van der Waals surface area contributed by atoms with Gasteiger partial charge in [-0.1, -0.05) is 22.0 Å². The topological polar surface area (TPSA) is 38.7 Å². The third kappa shape index (κ3) is 3.04. The van der Waals surface area contributed by atoms with Crippen LogP contribution in [0.15, 0.2) is 34.8 Å². The Balaban J connectivity index is 2.56. The third-order valence-electron chi connectivity index (χ3n) is 3.34. The number of benzene rings is 2. The van der Waals surface area contributed by atoms with E-state index in [1.807, 2.05) is 6.92 Å². The minimum atomic E-state index is -1.10. The van der Waals surface area contributed by atoms with Gasteiger partial charge in [-0.15, -0.1) is 0 Å². The highest BCUT2D eigenvalue weighted by Crippen LogP contribution is 2.37. The summed E-state index contributed by atoms with van der Waals surface area (Å²) in [6.07, 6.45) is -1.10. The molecule has 112 valence electrons. The van der Waals surface area contributed by atoms with Gasteiger partial charge in [-0.3, -0.25) is 0 Å². The second-order valence-corrected chi connectivity index (χ2v) is 5.46. The molecule has 1 unspecified atom stereocenters. The zero-order chi connectivity index (χ0) is 15.6. The fraction of sp³-hybridized carbons (Fsp3) is 0.250. The van der Waals surface area contributed by atoms with Crippen molar-refractivity contribution in [1.82, 2.24) is 0 Å². The monoisotopic (exact) mass is 354 g/mol. The van der Waals surface area contributed by atoms with Crippen molar-refractivity contribution in [3.63, 3.8) is 0 Å². The van der Waals surface area contributed by atoms with Crippen molar-refractivity contribution in [2.75, 3.05) is 14.2 Å². The first-order valence-corrected chi connectivity index (χ1v) is 7.13. The Kier molecular flexibility index (Phi) is 4.85. The van der Waals surface area contributed by atoms with Crippen molar-refractivity contribution in [2.24, 2.45) is 0 Å². The fourth-order valence-electron chi connectivity index (χ4n) is 2.22. The van der Waals surface area contributed by atoms with Gasteiger partial charge in [-0.2, -0.15) is 0 Å².